The van der Waals surface area contributed by atoms with Crippen molar-refractivity contribution >= 4 is 92.7 Å². The third kappa shape index (κ3) is 18.8. The zero-order valence-electron chi connectivity index (χ0n) is 66.1. The molecule has 0 unspecified atom stereocenters. The molecule has 14 rings (SSSR count). The monoisotopic (exact) mass is 1660 g/mol. The summed E-state index contributed by atoms with van der Waals surface area (Å²) in [6, 6.07) is 38.4. The molecule has 6 fully saturated rings. The minimum Gasteiger partial charge on any atom is -0.444 e. The van der Waals surface area contributed by atoms with Crippen molar-refractivity contribution < 1.29 is 65.9 Å². The van der Waals surface area contributed by atoms with Gasteiger partial charge in [-0.25, -0.2) is 27.2 Å². The molecule has 2 aliphatic carbocycles. The molecular weight excluding hydrogens is 1570 g/mol. The topological polar surface area (TPSA) is 296 Å². The van der Waals surface area contributed by atoms with Crippen LogP contribution in [-0.2, 0) is 19.1 Å². The van der Waals surface area contributed by atoms with E-state index < -0.39 is 126 Å². The molecule has 6 atom stereocenters. The maximum Gasteiger partial charge on any atom is 0.410 e. The summed E-state index contributed by atoms with van der Waals surface area (Å²) < 4.78 is 76.4. The van der Waals surface area contributed by atoms with Crippen molar-refractivity contribution in [3.8, 4) is 0 Å². The minimum absolute atomic E-state index is 0.0194. The largest absolute Gasteiger partial charge is 0.444 e. The van der Waals surface area contributed by atoms with Gasteiger partial charge in [0.25, 0.3) is 22.7 Å². The van der Waals surface area contributed by atoms with E-state index >= 15 is 17.6 Å². The first-order chi connectivity index (χ1) is 56.2. The normalized spacial score (nSPS) is 22.0. The Morgan fingerprint density at radius 2 is 0.669 bits per heavy atom. The Bertz CT molecular complexity index is 4910. The predicted octanol–water partition coefficient (Wildman–Crippen LogP) is 22.6. The van der Waals surface area contributed by atoms with E-state index in [1.54, 1.807) is 75.6 Å². The fraction of sp³-hybridized carbons (Fsp3) is 0.409. The molecule has 620 valence electrons. The molecule has 0 spiro atoms. The Hall–Kier alpha value is -11.3. The average Bonchev–Trinajstić information content (AvgIpc) is 1.57. The zero-order valence-corrected chi connectivity index (χ0v) is 67.6. The molecule has 4 amide bonds. The number of carbonyl (C=O) groups excluding carboxylic acids is 4. The van der Waals surface area contributed by atoms with Gasteiger partial charge >= 0.3 is 12.2 Å². The number of nitro groups is 4. The quantitative estimate of drug-likeness (QED) is 0.0458. The number of likely N-dealkylation sites (tertiary alicyclic amines) is 2. The summed E-state index contributed by atoms with van der Waals surface area (Å²) in [4.78, 5) is 106. The number of rotatable bonds is 18. The van der Waals surface area contributed by atoms with Gasteiger partial charge in [0.1, 0.15) is 68.0 Å². The van der Waals surface area contributed by atoms with Gasteiger partial charge in [0, 0.05) is 59.9 Å². The molecule has 2 saturated carbocycles. The van der Waals surface area contributed by atoms with Crippen molar-refractivity contribution in [3.63, 3.8) is 0 Å². The molecule has 6 aliphatic rings. The lowest BCUT2D eigenvalue weighted by Gasteiger charge is -2.34. The molecule has 24 nitrogen and oxygen atoms in total. The van der Waals surface area contributed by atoms with E-state index in [0.717, 1.165) is 25.7 Å². The summed E-state index contributed by atoms with van der Waals surface area (Å²) in [5, 5.41) is 54.1. The lowest BCUT2D eigenvalue weighted by Crippen LogP contribution is -2.45. The molecule has 0 radical (unpaired) electrons. The lowest BCUT2D eigenvalue weighted by molar-refractivity contribution is -0.384. The van der Waals surface area contributed by atoms with Crippen molar-refractivity contribution in [1.82, 2.24) is 9.80 Å². The second kappa shape index (κ2) is 35.5. The molecule has 8 aromatic carbocycles. The fourth-order valence-corrected chi connectivity index (χ4v) is 18.5. The van der Waals surface area contributed by atoms with Gasteiger partial charge in [0.15, 0.2) is 0 Å². The van der Waals surface area contributed by atoms with Gasteiger partial charge < -0.3 is 29.9 Å². The van der Waals surface area contributed by atoms with Crippen LogP contribution in [0.15, 0.2) is 158 Å². The second-order valence-electron chi connectivity index (χ2n) is 33.2. The van der Waals surface area contributed by atoms with Crippen LogP contribution in [0.5, 0.6) is 0 Å². The fourth-order valence-electron chi connectivity index (χ4n) is 18.1. The molecule has 4 aliphatic heterocycles. The van der Waals surface area contributed by atoms with Gasteiger partial charge in [0.2, 0.25) is 11.8 Å². The Kier molecular flexibility index (Phi) is 25.5. The molecule has 8 aromatic rings. The first kappa shape index (κ1) is 84.6. The van der Waals surface area contributed by atoms with Gasteiger partial charge in [-0.15, -0.1) is 0 Å². The van der Waals surface area contributed by atoms with Crippen molar-refractivity contribution in [1.29, 1.82) is 0 Å². The SMILES string of the molecule is CC(C)(C)OC(=O)N1CCC[C@H]1C(=O)Nc1ccc([C@H]2CC[C@H](c3ccc(NC(=O)[C@@H]4CCCN4C(=O)OC(C)(C)C)c([N+](=O)[O-])c3)N2c2cc(F)c(C3CCC(c4ccccc4)CC3)c(F)c2)cc1[N+](=O)[O-].O=[N+]([O-])c1cc([C@H]2CC[C@H](c3ccc(Cl)c([N+](=O)[O-])c3)N2c2cc(F)c(C3CCC(c4ccccc4)CC3)c(F)c2)ccc1Cl. The van der Waals surface area contributed by atoms with Gasteiger partial charge in [-0.05, 0) is 250 Å². The second-order valence-corrected chi connectivity index (χ2v) is 34.1. The smallest absolute Gasteiger partial charge is 0.410 e. The molecule has 30 heteroatoms. The maximum atomic E-state index is 16.7. The van der Waals surface area contributed by atoms with Gasteiger partial charge in [0.05, 0.1) is 43.9 Å². The van der Waals surface area contributed by atoms with Crippen molar-refractivity contribution in [3.05, 3.63) is 276 Å². The van der Waals surface area contributed by atoms with Crippen LogP contribution in [0.3, 0.4) is 0 Å². The van der Waals surface area contributed by atoms with E-state index in [2.05, 4.69) is 34.9 Å². The summed E-state index contributed by atoms with van der Waals surface area (Å²) in [6.45, 7) is 10.8. The molecule has 4 saturated heterocycles. The van der Waals surface area contributed by atoms with E-state index in [0.29, 0.717) is 92.4 Å². The number of amides is 4. The number of carbonyl (C=O) groups is 4. The van der Waals surface area contributed by atoms with Crippen molar-refractivity contribution in [2.75, 3.05) is 33.5 Å². The number of ether oxygens (including phenoxy) is 2. The van der Waals surface area contributed by atoms with Gasteiger partial charge in [-0.3, -0.25) is 59.8 Å². The van der Waals surface area contributed by atoms with Crippen LogP contribution in [0.25, 0.3) is 0 Å². The average molecular weight is 1660 g/mol. The third-order valence-electron chi connectivity index (χ3n) is 23.5. The molecule has 0 aromatic heterocycles. The number of hydrogen-bond donors (Lipinski definition) is 2. The molecule has 0 bridgehead atoms. The van der Waals surface area contributed by atoms with Gasteiger partial charge in [-0.2, -0.15) is 0 Å². The Morgan fingerprint density at radius 1 is 0.381 bits per heavy atom. The predicted molar refractivity (Wildman–Crippen MR) is 439 cm³/mol. The van der Waals surface area contributed by atoms with Crippen LogP contribution < -0.4 is 20.4 Å². The summed E-state index contributed by atoms with van der Waals surface area (Å²) in [6.07, 6.45) is 7.42. The first-order valence-electron chi connectivity index (χ1n) is 39.9. The summed E-state index contributed by atoms with van der Waals surface area (Å²) in [7, 11) is 0. The van der Waals surface area contributed by atoms with Crippen LogP contribution in [0.1, 0.15) is 237 Å². The van der Waals surface area contributed by atoms with E-state index in [1.807, 2.05) is 36.4 Å². The number of anilines is 4. The van der Waals surface area contributed by atoms with Crippen molar-refractivity contribution in [2.24, 2.45) is 0 Å². The van der Waals surface area contributed by atoms with Gasteiger partial charge in [-0.1, -0.05) is 108 Å². The number of hydrogen-bond acceptors (Lipinski definition) is 16. The van der Waals surface area contributed by atoms with E-state index in [9.17, 15) is 59.6 Å². The standard InChI is InChI=1S/C54H63F2N7O10.C34H29Cl2F2N3O4/c1-53(2,3)72-51(66)59-26-10-14-44(59)49(64)57-40-22-20-35(28-46(40)62(68)69)42-24-25-43(61(42)37-30-38(55)48(39(56)31-37)34-18-16-33(17-19-34)32-12-8-7-9-13-32)36-21-23-41(47(29-36)63(70)71)58-50(65)45-15-11-27-60(45)52(67)73-54(4,5)6;35-26-12-10-23(16-32(26)40(42)43)30-14-15-31(24-11-13-27(36)33(17-24)41(44)45)39(30)25-18-28(37)34(29(38)19-25)22-8-6-21(7-9-22)20-4-2-1-3-5-20/h7-9,12-13,20-23,28-31,33-34,42-45H,10-11,14-19,24-27H2,1-6H3,(H,57,64)(H,58,65);1-5,10-13,16-19,21-22,30-31H,6-9,14-15H2/t33?,34?,42-,43-,44+,45+;21?,22?,30-,31-/m11/s1. The highest BCUT2D eigenvalue weighted by Gasteiger charge is 2.44. The summed E-state index contributed by atoms with van der Waals surface area (Å²) in [5.41, 5.74) is 1.30. The number of nitrogens with one attached hydrogen (secondary N) is 2. The first-order valence-corrected chi connectivity index (χ1v) is 40.6. The van der Waals surface area contributed by atoms with Crippen LogP contribution >= 0.6 is 23.2 Å². The lowest BCUT2D eigenvalue weighted by atomic mass is 9.76. The minimum atomic E-state index is -0.940. The number of halogens is 6. The Balaban J connectivity index is 0.000000229. The number of nitrogens with zero attached hydrogens (tertiary/aromatic N) is 8. The highest BCUT2D eigenvalue weighted by Crippen LogP contribution is 2.54. The van der Waals surface area contributed by atoms with Crippen LogP contribution in [-0.4, -0.2) is 89.9 Å². The van der Waals surface area contributed by atoms with Crippen molar-refractivity contribution in [2.45, 2.75) is 215 Å². The molecule has 4 heterocycles. The van der Waals surface area contributed by atoms with Crippen LogP contribution in [0, 0.1) is 63.7 Å². The third-order valence-corrected chi connectivity index (χ3v) is 24.1. The molecule has 2 N–H and O–H groups in total. The Morgan fingerprint density at radius 3 is 0.966 bits per heavy atom. The highest BCUT2D eigenvalue weighted by atomic mass is 35.5. The Labute approximate surface area is 689 Å². The number of benzene rings is 8. The van der Waals surface area contributed by atoms with E-state index in [1.165, 1.54) is 93.7 Å². The number of nitro benzene ring substituents is 4. The maximum absolute atomic E-state index is 16.7. The van der Waals surface area contributed by atoms with Crippen LogP contribution in [0.2, 0.25) is 10.0 Å². The molecular formula is C88H92Cl2F4N10O14. The van der Waals surface area contributed by atoms with E-state index in [-0.39, 0.29) is 99.0 Å². The van der Waals surface area contributed by atoms with Crippen LogP contribution in [0.4, 0.5) is 72.6 Å². The summed E-state index contributed by atoms with van der Waals surface area (Å²) >= 11 is 12.2. The summed E-state index contributed by atoms with van der Waals surface area (Å²) in [5.74, 6) is -4.10. The van der Waals surface area contributed by atoms with E-state index in [4.69, 9.17) is 32.7 Å². The highest BCUT2D eigenvalue weighted by molar-refractivity contribution is 6.33. The zero-order chi connectivity index (χ0) is 84.3. The molecule has 118 heavy (non-hydrogen) atoms.